The van der Waals surface area contributed by atoms with Crippen LogP contribution in [0.5, 0.6) is 0 Å². The first kappa shape index (κ1) is 11.2. The number of hydrogen-bond acceptors (Lipinski definition) is 4. The van der Waals surface area contributed by atoms with Crippen LogP contribution in [0.1, 0.15) is 17.8 Å². The largest absolute Gasteiger partial charge is 0.840 e. The standard InChI is InChI=1S/C13H10N3O/c14-8-7-13(17,11-5-1-3-9-15-11)12-6-2-4-10-16-12/h1-6,9-10H,7H2/q-1. The molecule has 2 heterocycles. The van der Waals surface area contributed by atoms with Crippen LogP contribution in [0.4, 0.5) is 0 Å². The van der Waals surface area contributed by atoms with Crippen LogP contribution in [0.25, 0.3) is 0 Å². The number of rotatable bonds is 3. The van der Waals surface area contributed by atoms with Gasteiger partial charge < -0.3 is 5.11 Å². The molecule has 17 heavy (non-hydrogen) atoms. The summed E-state index contributed by atoms with van der Waals surface area (Å²) in [7, 11) is 0. The molecule has 2 rings (SSSR count). The Kier molecular flexibility index (Phi) is 3.12. The fourth-order valence-corrected chi connectivity index (χ4v) is 1.63. The van der Waals surface area contributed by atoms with E-state index in [1.165, 1.54) is 0 Å². The van der Waals surface area contributed by atoms with E-state index in [0.29, 0.717) is 11.4 Å². The van der Waals surface area contributed by atoms with E-state index in [2.05, 4.69) is 9.97 Å². The fraction of sp³-hybridized carbons (Fsp3) is 0.154. The minimum atomic E-state index is -1.70. The summed E-state index contributed by atoms with van der Waals surface area (Å²) in [5, 5.41) is 21.6. The zero-order chi connectivity index (χ0) is 12.1. The van der Waals surface area contributed by atoms with Gasteiger partial charge in [-0.1, -0.05) is 12.1 Å². The summed E-state index contributed by atoms with van der Waals surface area (Å²) in [4.78, 5) is 8.08. The van der Waals surface area contributed by atoms with E-state index in [1.807, 2.05) is 6.07 Å². The zero-order valence-electron chi connectivity index (χ0n) is 9.08. The van der Waals surface area contributed by atoms with Crippen LogP contribution >= 0.6 is 0 Å². The first-order chi connectivity index (χ1) is 8.27. The molecule has 0 fully saturated rings. The Morgan fingerprint density at radius 1 is 1.06 bits per heavy atom. The Bertz CT molecular complexity index is 480. The average molecular weight is 224 g/mol. The Balaban J connectivity index is 2.52. The summed E-state index contributed by atoms with van der Waals surface area (Å²) in [5.74, 6) is 0. The van der Waals surface area contributed by atoms with Gasteiger partial charge in [-0.2, -0.15) is 5.26 Å². The summed E-state index contributed by atoms with van der Waals surface area (Å²) in [6, 6.07) is 12.1. The monoisotopic (exact) mass is 224 g/mol. The number of pyridine rings is 2. The highest BCUT2D eigenvalue weighted by atomic mass is 16.3. The second-order valence-corrected chi connectivity index (χ2v) is 3.59. The van der Waals surface area contributed by atoms with Gasteiger partial charge in [-0.3, -0.25) is 9.97 Å². The van der Waals surface area contributed by atoms with Crippen molar-refractivity contribution in [1.82, 2.24) is 9.97 Å². The van der Waals surface area contributed by atoms with Gasteiger partial charge in [-0.15, -0.1) is 0 Å². The third-order valence-electron chi connectivity index (χ3n) is 2.49. The van der Waals surface area contributed by atoms with Crippen molar-refractivity contribution in [3.63, 3.8) is 0 Å². The van der Waals surface area contributed by atoms with E-state index in [0.717, 1.165) is 0 Å². The van der Waals surface area contributed by atoms with Gasteiger partial charge in [0.05, 0.1) is 6.07 Å². The second kappa shape index (κ2) is 4.73. The Labute approximate surface area is 99.2 Å². The van der Waals surface area contributed by atoms with Gasteiger partial charge in [0.2, 0.25) is 0 Å². The van der Waals surface area contributed by atoms with Crippen molar-refractivity contribution in [1.29, 1.82) is 5.26 Å². The van der Waals surface area contributed by atoms with Crippen LogP contribution in [0.15, 0.2) is 48.8 Å². The zero-order valence-corrected chi connectivity index (χ0v) is 9.08. The lowest BCUT2D eigenvalue weighted by molar-refractivity contribution is -0.472. The molecule has 0 aromatic carbocycles. The SMILES string of the molecule is N#CCC([O-])(c1ccccn1)c1ccccn1. The lowest BCUT2D eigenvalue weighted by atomic mass is 9.91. The van der Waals surface area contributed by atoms with E-state index < -0.39 is 5.60 Å². The lowest BCUT2D eigenvalue weighted by Crippen LogP contribution is -2.43. The number of aromatic nitrogens is 2. The molecule has 0 radical (unpaired) electrons. The van der Waals surface area contributed by atoms with Crippen molar-refractivity contribution >= 4 is 0 Å². The van der Waals surface area contributed by atoms with Crippen molar-refractivity contribution in [2.24, 2.45) is 0 Å². The third kappa shape index (κ3) is 2.14. The molecule has 0 aliphatic carbocycles. The maximum Gasteiger partial charge on any atom is 0.0621 e. The molecule has 0 spiro atoms. The molecule has 2 aromatic rings. The van der Waals surface area contributed by atoms with Gasteiger partial charge in [-0.05, 0) is 29.9 Å². The summed E-state index contributed by atoms with van der Waals surface area (Å²) < 4.78 is 0. The predicted molar refractivity (Wildman–Crippen MR) is 59.5 cm³/mol. The molecule has 0 aliphatic rings. The molecule has 0 bridgehead atoms. The molecule has 0 unspecified atom stereocenters. The molecule has 0 atom stereocenters. The first-order valence-corrected chi connectivity index (χ1v) is 5.18. The van der Waals surface area contributed by atoms with Crippen LogP contribution in [0, 0.1) is 11.3 Å². The van der Waals surface area contributed by atoms with Crippen molar-refractivity contribution in [3.8, 4) is 6.07 Å². The van der Waals surface area contributed by atoms with Crippen molar-refractivity contribution in [2.75, 3.05) is 0 Å². The summed E-state index contributed by atoms with van der Waals surface area (Å²) >= 11 is 0. The molecule has 0 saturated heterocycles. The maximum atomic E-state index is 12.8. The summed E-state index contributed by atoms with van der Waals surface area (Å²) in [6.45, 7) is 0. The van der Waals surface area contributed by atoms with Gasteiger partial charge >= 0.3 is 0 Å². The van der Waals surface area contributed by atoms with E-state index in [1.54, 1.807) is 48.8 Å². The van der Waals surface area contributed by atoms with Gasteiger partial charge in [0.15, 0.2) is 0 Å². The molecule has 2 aromatic heterocycles. The summed E-state index contributed by atoms with van der Waals surface area (Å²) in [5.41, 5.74) is -1.06. The minimum Gasteiger partial charge on any atom is -0.840 e. The van der Waals surface area contributed by atoms with E-state index >= 15 is 0 Å². The van der Waals surface area contributed by atoms with Crippen molar-refractivity contribution in [3.05, 3.63) is 60.2 Å². The Hall–Kier alpha value is -2.25. The molecular formula is C13H10N3O-. The topological polar surface area (TPSA) is 72.6 Å². The van der Waals surface area contributed by atoms with Crippen LogP contribution < -0.4 is 5.11 Å². The minimum absolute atomic E-state index is 0.193. The number of hydrogen-bond donors (Lipinski definition) is 0. The first-order valence-electron chi connectivity index (χ1n) is 5.18. The Morgan fingerprint density at radius 2 is 1.59 bits per heavy atom. The predicted octanol–water partition coefficient (Wildman–Crippen LogP) is 0.994. The normalized spacial score (nSPS) is 10.8. The van der Waals surface area contributed by atoms with E-state index in [-0.39, 0.29) is 6.42 Å². The van der Waals surface area contributed by atoms with Crippen LogP contribution in [-0.4, -0.2) is 9.97 Å². The smallest absolute Gasteiger partial charge is 0.0621 e. The van der Waals surface area contributed by atoms with E-state index in [9.17, 15) is 5.11 Å². The van der Waals surface area contributed by atoms with Gasteiger partial charge in [0, 0.05) is 30.2 Å². The molecule has 0 amide bonds. The molecule has 4 nitrogen and oxygen atoms in total. The number of nitrogens with zero attached hydrogens (tertiary/aromatic N) is 3. The number of nitriles is 1. The van der Waals surface area contributed by atoms with Gasteiger partial charge in [0.25, 0.3) is 0 Å². The van der Waals surface area contributed by atoms with Gasteiger partial charge in [-0.25, -0.2) is 0 Å². The molecule has 84 valence electrons. The van der Waals surface area contributed by atoms with Crippen LogP contribution in [0.2, 0.25) is 0 Å². The van der Waals surface area contributed by atoms with Crippen molar-refractivity contribution < 1.29 is 5.11 Å². The molecular weight excluding hydrogens is 214 g/mol. The highest BCUT2D eigenvalue weighted by Gasteiger charge is 2.23. The van der Waals surface area contributed by atoms with Crippen LogP contribution in [0.3, 0.4) is 0 Å². The maximum absolute atomic E-state index is 12.8. The highest BCUT2D eigenvalue weighted by Crippen LogP contribution is 2.26. The van der Waals surface area contributed by atoms with Crippen molar-refractivity contribution in [2.45, 2.75) is 12.0 Å². The highest BCUT2D eigenvalue weighted by molar-refractivity contribution is 5.27. The quantitative estimate of drug-likeness (QED) is 0.779. The van der Waals surface area contributed by atoms with Crippen LogP contribution in [-0.2, 0) is 5.60 Å². The molecule has 0 aliphatic heterocycles. The lowest BCUT2D eigenvalue weighted by Gasteiger charge is -2.37. The molecule has 4 heteroatoms. The van der Waals surface area contributed by atoms with Gasteiger partial charge in [0.1, 0.15) is 0 Å². The Morgan fingerprint density at radius 3 is 1.94 bits per heavy atom. The second-order valence-electron chi connectivity index (χ2n) is 3.59. The van der Waals surface area contributed by atoms with E-state index in [4.69, 9.17) is 5.26 Å². The average Bonchev–Trinajstić information content (AvgIpc) is 2.41. The molecule has 0 N–H and O–H groups in total. The molecule has 0 saturated carbocycles. The summed E-state index contributed by atoms with van der Waals surface area (Å²) in [6.07, 6.45) is 2.89. The fourth-order valence-electron chi connectivity index (χ4n) is 1.63. The third-order valence-corrected chi connectivity index (χ3v) is 2.49.